The average molecular weight is 333 g/mol. The Hall–Kier alpha value is -2.34. The quantitative estimate of drug-likeness (QED) is 0.913. The molecule has 0 amide bonds. The van der Waals surface area contributed by atoms with E-state index in [-0.39, 0.29) is 4.90 Å². The zero-order chi connectivity index (χ0) is 17.2. The van der Waals surface area contributed by atoms with Gasteiger partial charge < -0.3 is 5.11 Å². The van der Waals surface area contributed by atoms with Crippen LogP contribution in [-0.4, -0.2) is 25.5 Å². The van der Waals surface area contributed by atoms with E-state index in [1.54, 1.807) is 36.4 Å². The molecule has 6 heteroatoms. The Morgan fingerprint density at radius 3 is 1.83 bits per heavy atom. The molecule has 0 radical (unpaired) electrons. The molecule has 122 valence electrons. The minimum absolute atomic E-state index is 0.0665. The summed E-state index contributed by atoms with van der Waals surface area (Å²) in [4.78, 5) is 11.5. The maximum Gasteiger partial charge on any atom is 0.327 e. The van der Waals surface area contributed by atoms with Gasteiger partial charge in [-0.1, -0.05) is 35.4 Å². The zero-order valence-corrected chi connectivity index (χ0v) is 14.0. The largest absolute Gasteiger partial charge is 0.480 e. The molecule has 0 fully saturated rings. The number of hydrogen-bond acceptors (Lipinski definition) is 3. The number of sulfonamides is 1. The number of carboxylic acids is 1. The number of aliphatic carboxylic acids is 1. The van der Waals surface area contributed by atoms with Crippen molar-refractivity contribution in [3.05, 3.63) is 59.7 Å². The Balaban J connectivity index is 2.58. The highest BCUT2D eigenvalue weighted by molar-refractivity contribution is 7.92. The molecular weight excluding hydrogens is 314 g/mol. The highest BCUT2D eigenvalue weighted by atomic mass is 32.2. The van der Waals surface area contributed by atoms with Crippen LogP contribution in [0, 0.1) is 13.8 Å². The predicted octanol–water partition coefficient (Wildman–Crippen LogP) is 2.97. The van der Waals surface area contributed by atoms with Crippen LogP contribution < -0.4 is 4.31 Å². The Bertz CT molecular complexity index is 795. The third kappa shape index (κ3) is 3.53. The standard InChI is InChI=1S/C17H19NO4S/c1-12-4-8-15(9-5-12)18(14(3)17(19)20)23(21,22)16-10-6-13(2)7-11-16/h4-11,14H,1-3H3,(H,19,20). The lowest BCUT2D eigenvalue weighted by atomic mass is 10.2. The van der Waals surface area contributed by atoms with Crippen LogP contribution in [0.3, 0.4) is 0 Å². The van der Waals surface area contributed by atoms with Gasteiger partial charge in [-0.15, -0.1) is 0 Å². The van der Waals surface area contributed by atoms with Gasteiger partial charge in [0.1, 0.15) is 6.04 Å². The molecule has 1 unspecified atom stereocenters. The molecule has 0 saturated carbocycles. The number of benzene rings is 2. The molecule has 0 heterocycles. The zero-order valence-electron chi connectivity index (χ0n) is 13.2. The number of carboxylic acid groups (broad SMARTS) is 1. The fourth-order valence-electron chi connectivity index (χ4n) is 2.19. The topological polar surface area (TPSA) is 74.7 Å². The van der Waals surface area contributed by atoms with E-state index in [0.29, 0.717) is 5.69 Å². The van der Waals surface area contributed by atoms with Crippen LogP contribution in [0.2, 0.25) is 0 Å². The number of anilines is 1. The summed E-state index contributed by atoms with van der Waals surface area (Å²) in [6.45, 7) is 5.09. The molecule has 0 aliphatic rings. The van der Waals surface area contributed by atoms with Gasteiger partial charge in [-0.05, 0) is 45.0 Å². The van der Waals surface area contributed by atoms with Crippen LogP contribution in [0.4, 0.5) is 5.69 Å². The molecule has 0 aliphatic heterocycles. The minimum Gasteiger partial charge on any atom is -0.480 e. The van der Waals surface area contributed by atoms with Crippen LogP contribution in [-0.2, 0) is 14.8 Å². The summed E-state index contributed by atoms with van der Waals surface area (Å²) in [5.74, 6) is -1.21. The van der Waals surface area contributed by atoms with Crippen LogP contribution in [0.25, 0.3) is 0 Å². The molecule has 2 aromatic carbocycles. The second kappa shape index (κ2) is 6.42. The summed E-state index contributed by atoms with van der Waals surface area (Å²) in [5.41, 5.74) is 2.22. The van der Waals surface area contributed by atoms with E-state index in [2.05, 4.69) is 0 Å². The van der Waals surface area contributed by atoms with Crippen molar-refractivity contribution in [3.63, 3.8) is 0 Å². The third-order valence-electron chi connectivity index (χ3n) is 3.58. The normalized spacial score (nSPS) is 12.7. The van der Waals surface area contributed by atoms with Gasteiger partial charge in [-0.25, -0.2) is 13.2 Å². The second-order valence-corrected chi connectivity index (χ2v) is 7.28. The smallest absolute Gasteiger partial charge is 0.327 e. The van der Waals surface area contributed by atoms with E-state index < -0.39 is 22.0 Å². The highest BCUT2D eigenvalue weighted by Crippen LogP contribution is 2.27. The molecule has 1 N–H and O–H groups in total. The summed E-state index contributed by atoms with van der Waals surface area (Å²) in [6.07, 6.45) is 0. The van der Waals surface area contributed by atoms with E-state index in [1.807, 2.05) is 13.8 Å². The molecule has 5 nitrogen and oxygen atoms in total. The molecule has 2 rings (SSSR count). The Labute approximate surface area is 136 Å². The highest BCUT2D eigenvalue weighted by Gasteiger charge is 2.33. The fourth-order valence-corrected chi connectivity index (χ4v) is 3.80. The number of hydrogen-bond donors (Lipinski definition) is 1. The lowest BCUT2D eigenvalue weighted by Gasteiger charge is -2.28. The SMILES string of the molecule is Cc1ccc(N(C(C)C(=O)O)S(=O)(=O)c2ccc(C)cc2)cc1. The molecular formula is C17H19NO4S. The van der Waals surface area contributed by atoms with Crippen molar-refractivity contribution >= 4 is 21.7 Å². The van der Waals surface area contributed by atoms with Gasteiger partial charge in [0.15, 0.2) is 0 Å². The summed E-state index contributed by atoms with van der Waals surface area (Å²) >= 11 is 0. The maximum absolute atomic E-state index is 12.9. The van der Waals surface area contributed by atoms with Gasteiger partial charge in [0, 0.05) is 0 Å². The average Bonchev–Trinajstić information content (AvgIpc) is 2.49. The molecule has 1 atom stereocenters. The number of carbonyl (C=O) groups is 1. The van der Waals surface area contributed by atoms with Crippen molar-refractivity contribution in [1.29, 1.82) is 0 Å². The van der Waals surface area contributed by atoms with E-state index in [9.17, 15) is 18.3 Å². The fraction of sp³-hybridized carbons (Fsp3) is 0.235. The summed E-state index contributed by atoms with van der Waals surface area (Å²) in [7, 11) is -3.98. The van der Waals surface area contributed by atoms with E-state index in [0.717, 1.165) is 15.4 Å². The first-order chi connectivity index (χ1) is 10.7. The van der Waals surface area contributed by atoms with Crippen LogP contribution in [0.15, 0.2) is 53.4 Å². The Morgan fingerprint density at radius 2 is 1.39 bits per heavy atom. The first-order valence-electron chi connectivity index (χ1n) is 7.14. The van der Waals surface area contributed by atoms with Crippen molar-refractivity contribution in [2.45, 2.75) is 31.7 Å². The lowest BCUT2D eigenvalue weighted by Crippen LogP contribution is -2.43. The molecule has 23 heavy (non-hydrogen) atoms. The predicted molar refractivity (Wildman–Crippen MR) is 89.1 cm³/mol. The van der Waals surface area contributed by atoms with Crippen LogP contribution in [0.5, 0.6) is 0 Å². The van der Waals surface area contributed by atoms with Crippen molar-refractivity contribution in [3.8, 4) is 0 Å². The van der Waals surface area contributed by atoms with Crippen LogP contribution >= 0.6 is 0 Å². The van der Waals surface area contributed by atoms with Gasteiger partial charge in [0.2, 0.25) is 0 Å². The second-order valence-electron chi connectivity index (χ2n) is 5.46. The third-order valence-corrected chi connectivity index (χ3v) is 5.49. The molecule has 0 saturated heterocycles. The number of nitrogens with zero attached hydrogens (tertiary/aromatic N) is 1. The summed E-state index contributed by atoms with van der Waals surface area (Å²) in [6, 6.07) is 11.9. The number of aryl methyl sites for hydroxylation is 2. The monoisotopic (exact) mass is 333 g/mol. The molecule has 0 spiro atoms. The molecule has 0 aliphatic carbocycles. The van der Waals surface area contributed by atoms with E-state index in [4.69, 9.17) is 0 Å². The lowest BCUT2D eigenvalue weighted by molar-refractivity contribution is -0.137. The van der Waals surface area contributed by atoms with Crippen molar-refractivity contribution in [2.75, 3.05) is 4.31 Å². The summed E-state index contributed by atoms with van der Waals surface area (Å²) < 4.78 is 26.8. The first-order valence-corrected chi connectivity index (χ1v) is 8.58. The van der Waals surface area contributed by atoms with E-state index >= 15 is 0 Å². The Kier molecular flexibility index (Phi) is 4.75. The van der Waals surface area contributed by atoms with Gasteiger partial charge in [-0.2, -0.15) is 0 Å². The van der Waals surface area contributed by atoms with Crippen molar-refractivity contribution < 1.29 is 18.3 Å². The Morgan fingerprint density at radius 1 is 0.957 bits per heavy atom. The van der Waals surface area contributed by atoms with Crippen molar-refractivity contribution in [1.82, 2.24) is 0 Å². The van der Waals surface area contributed by atoms with Gasteiger partial charge in [0.05, 0.1) is 10.6 Å². The number of rotatable bonds is 5. The molecule has 2 aromatic rings. The molecule has 0 bridgehead atoms. The van der Waals surface area contributed by atoms with Gasteiger partial charge in [-0.3, -0.25) is 4.31 Å². The molecule has 0 aromatic heterocycles. The minimum atomic E-state index is -3.98. The van der Waals surface area contributed by atoms with Crippen LogP contribution in [0.1, 0.15) is 18.1 Å². The van der Waals surface area contributed by atoms with E-state index in [1.165, 1.54) is 19.1 Å². The van der Waals surface area contributed by atoms with Gasteiger partial charge >= 0.3 is 5.97 Å². The maximum atomic E-state index is 12.9. The van der Waals surface area contributed by atoms with Gasteiger partial charge in [0.25, 0.3) is 10.0 Å². The summed E-state index contributed by atoms with van der Waals surface area (Å²) in [5, 5.41) is 9.32. The van der Waals surface area contributed by atoms with Crippen molar-refractivity contribution in [2.24, 2.45) is 0 Å². The first kappa shape index (κ1) is 17.0.